The Morgan fingerprint density at radius 2 is 1.54 bits per heavy atom. The second-order valence-corrected chi connectivity index (χ2v) is 9.41. The van der Waals surface area contributed by atoms with Gasteiger partial charge in [0, 0.05) is 0 Å². The summed E-state index contributed by atoms with van der Waals surface area (Å²) in [6.45, 7) is -0.626. The highest BCUT2D eigenvalue weighted by Crippen LogP contribution is 2.56. The second-order valence-electron chi connectivity index (χ2n) is 9.00. The number of ether oxygens (including phenoxy) is 1. The quantitative estimate of drug-likeness (QED) is 0.373. The molecule has 0 aromatic heterocycles. The molecule has 2 saturated carbocycles. The zero-order chi connectivity index (χ0) is 24.7. The van der Waals surface area contributed by atoms with E-state index in [0.717, 1.165) is 19.3 Å². The molecule has 2 bridgehead atoms. The van der Waals surface area contributed by atoms with E-state index in [9.17, 15) is 24.0 Å². The van der Waals surface area contributed by atoms with Gasteiger partial charge in [-0.1, -0.05) is 23.7 Å². The van der Waals surface area contributed by atoms with E-state index in [2.05, 4.69) is 10.9 Å². The van der Waals surface area contributed by atoms with E-state index < -0.39 is 24.4 Å². The van der Waals surface area contributed by atoms with Crippen LogP contribution in [0.1, 0.15) is 40.0 Å². The number of hydrogen-bond donors (Lipinski definition) is 2. The number of hydrogen-bond acceptors (Lipinski definition) is 6. The van der Waals surface area contributed by atoms with Crippen LogP contribution in [0.3, 0.4) is 0 Å². The van der Waals surface area contributed by atoms with Crippen molar-refractivity contribution >= 4 is 46.9 Å². The third-order valence-corrected chi connectivity index (χ3v) is 7.39. The fourth-order valence-electron chi connectivity index (χ4n) is 5.50. The lowest BCUT2D eigenvalue weighted by atomic mass is 9.81. The lowest BCUT2D eigenvalue weighted by Crippen LogP contribution is -2.43. The van der Waals surface area contributed by atoms with Crippen LogP contribution in [0.2, 0.25) is 5.02 Å². The predicted molar refractivity (Wildman–Crippen MR) is 124 cm³/mol. The van der Waals surface area contributed by atoms with Crippen molar-refractivity contribution in [1.82, 2.24) is 10.9 Å². The highest BCUT2D eigenvalue weighted by molar-refractivity contribution is 6.33. The van der Waals surface area contributed by atoms with Crippen LogP contribution in [0.15, 0.2) is 48.5 Å². The largest absolute Gasteiger partial charge is 0.452 e. The van der Waals surface area contributed by atoms with Crippen LogP contribution in [0.25, 0.3) is 0 Å². The first kappa shape index (κ1) is 23.0. The van der Waals surface area contributed by atoms with Gasteiger partial charge in [0.15, 0.2) is 6.61 Å². The third kappa shape index (κ3) is 4.16. The van der Waals surface area contributed by atoms with E-state index in [4.69, 9.17) is 16.3 Å². The topological polar surface area (TPSA) is 122 Å². The van der Waals surface area contributed by atoms with Crippen molar-refractivity contribution in [2.45, 2.75) is 19.3 Å². The zero-order valence-electron chi connectivity index (χ0n) is 18.5. The van der Waals surface area contributed by atoms with Crippen molar-refractivity contribution < 1.29 is 28.7 Å². The number of halogens is 1. The summed E-state index contributed by atoms with van der Waals surface area (Å²) in [6.07, 6.45) is 2.96. The van der Waals surface area contributed by atoms with Gasteiger partial charge in [0.1, 0.15) is 0 Å². The number of benzene rings is 2. The number of amides is 4. The maximum absolute atomic E-state index is 12.9. The SMILES string of the molecule is O=C(COC(=O)c1ccc(N2C(=O)[C@@H]3[C@H]4CC[C@@H](C4)[C@@H]3C2=O)cc1)NNC(=O)c1ccccc1Cl. The molecule has 5 rings (SSSR count). The van der Waals surface area contributed by atoms with Gasteiger partial charge in [-0.25, -0.2) is 4.79 Å². The zero-order valence-corrected chi connectivity index (χ0v) is 19.3. The summed E-state index contributed by atoms with van der Waals surface area (Å²) in [5, 5.41) is 0.224. The molecular weight excluding hydrogens is 474 g/mol. The van der Waals surface area contributed by atoms with Crippen molar-refractivity contribution in [3.8, 4) is 0 Å². The van der Waals surface area contributed by atoms with E-state index >= 15 is 0 Å². The number of fused-ring (bicyclic) bond motifs is 5. The summed E-state index contributed by atoms with van der Waals surface area (Å²) in [7, 11) is 0. The molecule has 2 aromatic carbocycles. The summed E-state index contributed by atoms with van der Waals surface area (Å²) in [5.74, 6) is -2.29. The Hall–Kier alpha value is -3.72. The Labute approximate surface area is 205 Å². The van der Waals surface area contributed by atoms with Gasteiger partial charge in [0.2, 0.25) is 11.8 Å². The molecular formula is C25H22ClN3O6. The third-order valence-electron chi connectivity index (χ3n) is 7.06. The molecule has 4 atom stereocenters. The Bertz CT molecular complexity index is 1200. The van der Waals surface area contributed by atoms with Crippen LogP contribution in [-0.4, -0.2) is 36.2 Å². The molecule has 2 N–H and O–H groups in total. The monoisotopic (exact) mass is 495 g/mol. The van der Waals surface area contributed by atoms with Crippen LogP contribution < -0.4 is 15.8 Å². The van der Waals surface area contributed by atoms with Crippen LogP contribution in [-0.2, 0) is 19.1 Å². The first-order valence-corrected chi connectivity index (χ1v) is 11.7. The molecule has 0 radical (unpaired) electrons. The molecule has 0 unspecified atom stereocenters. The first-order valence-electron chi connectivity index (χ1n) is 11.3. The van der Waals surface area contributed by atoms with Gasteiger partial charge in [-0.15, -0.1) is 0 Å². The van der Waals surface area contributed by atoms with Crippen LogP contribution in [0.4, 0.5) is 5.69 Å². The molecule has 1 heterocycles. The summed E-state index contributed by atoms with van der Waals surface area (Å²) in [6, 6.07) is 12.3. The summed E-state index contributed by atoms with van der Waals surface area (Å²) >= 11 is 5.93. The fourth-order valence-corrected chi connectivity index (χ4v) is 5.72. The van der Waals surface area contributed by atoms with Crippen molar-refractivity contribution in [2.75, 3.05) is 11.5 Å². The summed E-state index contributed by atoms with van der Waals surface area (Å²) in [4.78, 5) is 63.4. The average molecular weight is 496 g/mol. The molecule has 3 fully saturated rings. The molecule has 180 valence electrons. The average Bonchev–Trinajstić information content (AvgIpc) is 3.55. The normalized spacial score (nSPS) is 24.3. The van der Waals surface area contributed by atoms with Crippen molar-refractivity contribution in [1.29, 1.82) is 0 Å². The summed E-state index contributed by atoms with van der Waals surface area (Å²) < 4.78 is 4.98. The molecule has 35 heavy (non-hydrogen) atoms. The number of imide groups is 1. The smallest absolute Gasteiger partial charge is 0.338 e. The maximum atomic E-state index is 12.9. The molecule has 4 amide bonds. The molecule has 2 aliphatic carbocycles. The standard InChI is InChI=1S/C25H22ClN3O6/c26-18-4-2-1-3-17(18)22(31)28-27-19(30)12-35-25(34)13-7-9-16(10-8-13)29-23(32)20-14-5-6-15(11-14)21(20)24(29)33/h1-4,7-10,14-15,20-21H,5-6,11-12H2,(H,27,30)(H,28,31)/t14-,15-,20-,21+/m0/s1. The van der Waals surface area contributed by atoms with Crippen LogP contribution >= 0.6 is 11.6 Å². The number of anilines is 1. The number of rotatable bonds is 5. The molecule has 3 aliphatic rings. The molecule has 0 spiro atoms. The predicted octanol–water partition coefficient (Wildman–Crippen LogP) is 2.49. The van der Waals surface area contributed by atoms with Crippen molar-refractivity contribution in [3.05, 3.63) is 64.7 Å². The van der Waals surface area contributed by atoms with Gasteiger partial charge in [-0.05, 0) is 67.5 Å². The van der Waals surface area contributed by atoms with Gasteiger partial charge < -0.3 is 4.74 Å². The lowest BCUT2D eigenvalue weighted by molar-refractivity contribution is -0.125. The van der Waals surface area contributed by atoms with Gasteiger partial charge in [0.05, 0.1) is 33.7 Å². The number of esters is 1. The molecule has 2 aromatic rings. The second kappa shape index (κ2) is 9.14. The van der Waals surface area contributed by atoms with E-state index in [0.29, 0.717) is 17.5 Å². The number of carbonyl (C=O) groups excluding carboxylic acids is 5. The fraction of sp³-hybridized carbons (Fsp3) is 0.320. The minimum absolute atomic E-state index is 0.154. The van der Waals surface area contributed by atoms with Crippen molar-refractivity contribution in [3.63, 3.8) is 0 Å². The summed E-state index contributed by atoms with van der Waals surface area (Å²) in [5.41, 5.74) is 5.09. The number of hydrazine groups is 1. The van der Waals surface area contributed by atoms with Crippen LogP contribution in [0, 0.1) is 23.7 Å². The molecule has 1 saturated heterocycles. The van der Waals surface area contributed by atoms with Gasteiger partial charge in [-0.2, -0.15) is 0 Å². The maximum Gasteiger partial charge on any atom is 0.338 e. The van der Waals surface area contributed by atoms with Crippen LogP contribution in [0.5, 0.6) is 0 Å². The van der Waals surface area contributed by atoms with Gasteiger partial charge >= 0.3 is 5.97 Å². The lowest BCUT2D eigenvalue weighted by Gasteiger charge is -2.19. The highest BCUT2D eigenvalue weighted by Gasteiger charge is 2.61. The van der Waals surface area contributed by atoms with E-state index in [1.54, 1.807) is 12.1 Å². The Balaban J connectivity index is 1.14. The minimum Gasteiger partial charge on any atom is -0.452 e. The van der Waals surface area contributed by atoms with E-state index in [-0.39, 0.29) is 39.8 Å². The number of nitrogens with zero attached hydrogens (tertiary/aromatic N) is 1. The number of nitrogens with one attached hydrogen (secondary N) is 2. The molecule has 9 nitrogen and oxygen atoms in total. The van der Waals surface area contributed by atoms with Crippen molar-refractivity contribution in [2.24, 2.45) is 23.7 Å². The number of carbonyl (C=O) groups is 5. The Kier molecular flexibility index (Phi) is 6.02. The first-order chi connectivity index (χ1) is 16.8. The van der Waals surface area contributed by atoms with Gasteiger partial charge in [0.25, 0.3) is 11.8 Å². The minimum atomic E-state index is -0.766. The van der Waals surface area contributed by atoms with E-state index in [1.165, 1.54) is 41.3 Å². The molecule has 10 heteroatoms. The Morgan fingerprint density at radius 1 is 0.914 bits per heavy atom. The Morgan fingerprint density at radius 3 is 2.17 bits per heavy atom. The highest BCUT2D eigenvalue weighted by atomic mass is 35.5. The van der Waals surface area contributed by atoms with Gasteiger partial charge in [-0.3, -0.25) is 34.9 Å². The molecule has 1 aliphatic heterocycles. The van der Waals surface area contributed by atoms with E-state index in [1.807, 2.05) is 0 Å².